The van der Waals surface area contributed by atoms with E-state index in [1.807, 2.05) is 36.4 Å². The fourth-order valence-corrected chi connectivity index (χ4v) is 2.92. The molecule has 120 valence electrons. The maximum Gasteiger partial charge on any atom is 0.276 e. The van der Waals surface area contributed by atoms with Gasteiger partial charge in [0.15, 0.2) is 11.5 Å². The molecule has 2 aromatic rings. The monoisotopic (exact) mass is 310 g/mol. The van der Waals surface area contributed by atoms with E-state index in [9.17, 15) is 4.79 Å². The summed E-state index contributed by atoms with van der Waals surface area (Å²) in [5, 5.41) is 11.2. The minimum absolute atomic E-state index is 0.240. The molecule has 0 saturated carbocycles. The highest BCUT2D eigenvalue weighted by atomic mass is 16.1. The minimum atomic E-state index is -0.240. The van der Waals surface area contributed by atoms with Gasteiger partial charge < -0.3 is 10.2 Å². The van der Waals surface area contributed by atoms with Crippen LogP contribution in [0.4, 0.5) is 11.5 Å². The Morgan fingerprint density at radius 3 is 2.57 bits per heavy atom. The fourth-order valence-electron chi connectivity index (χ4n) is 2.92. The van der Waals surface area contributed by atoms with E-state index < -0.39 is 0 Å². The van der Waals surface area contributed by atoms with Crippen molar-refractivity contribution in [3.8, 4) is 0 Å². The number of carbonyl (C=O) groups is 1. The second-order valence-electron chi connectivity index (χ2n) is 6.28. The lowest BCUT2D eigenvalue weighted by atomic mass is 9.95. The van der Waals surface area contributed by atoms with Gasteiger partial charge in [-0.1, -0.05) is 25.1 Å². The molecule has 5 heteroatoms. The quantitative estimate of drug-likeness (QED) is 0.944. The van der Waals surface area contributed by atoms with Gasteiger partial charge in [0, 0.05) is 18.3 Å². The number of nitrogens with zero attached hydrogens (tertiary/aromatic N) is 3. The van der Waals surface area contributed by atoms with Crippen LogP contribution in [0.15, 0.2) is 42.5 Å². The molecule has 1 aromatic heterocycles. The summed E-state index contributed by atoms with van der Waals surface area (Å²) < 4.78 is 0. The number of para-hydroxylation sites is 1. The first kappa shape index (κ1) is 15.5. The van der Waals surface area contributed by atoms with Crippen molar-refractivity contribution in [1.82, 2.24) is 10.2 Å². The number of anilines is 2. The van der Waals surface area contributed by atoms with Gasteiger partial charge in [-0.05, 0) is 49.9 Å². The Balaban J connectivity index is 1.70. The number of hydrogen-bond donors (Lipinski definition) is 1. The molecule has 1 N–H and O–H groups in total. The Labute approximate surface area is 136 Å². The normalized spacial score (nSPS) is 21.0. The van der Waals surface area contributed by atoms with E-state index in [4.69, 9.17) is 0 Å². The summed E-state index contributed by atoms with van der Waals surface area (Å²) in [6.07, 6.45) is 2.42. The highest BCUT2D eigenvalue weighted by molar-refractivity contribution is 6.02. The zero-order valence-electron chi connectivity index (χ0n) is 13.6. The van der Waals surface area contributed by atoms with Crippen molar-refractivity contribution < 1.29 is 4.79 Å². The summed E-state index contributed by atoms with van der Waals surface area (Å²) in [4.78, 5) is 14.5. The average molecular weight is 310 g/mol. The zero-order valence-corrected chi connectivity index (χ0v) is 13.6. The van der Waals surface area contributed by atoms with Gasteiger partial charge in [0.2, 0.25) is 0 Å². The molecule has 1 amide bonds. The van der Waals surface area contributed by atoms with Crippen molar-refractivity contribution >= 4 is 17.4 Å². The highest BCUT2D eigenvalue weighted by Crippen LogP contribution is 2.25. The molecule has 2 atom stereocenters. The third kappa shape index (κ3) is 3.67. The molecule has 1 fully saturated rings. The van der Waals surface area contributed by atoms with Crippen molar-refractivity contribution in [2.24, 2.45) is 5.92 Å². The van der Waals surface area contributed by atoms with Crippen LogP contribution in [0, 0.1) is 5.92 Å². The van der Waals surface area contributed by atoms with E-state index in [0.717, 1.165) is 18.1 Å². The van der Waals surface area contributed by atoms with Crippen molar-refractivity contribution in [1.29, 1.82) is 0 Å². The summed E-state index contributed by atoms with van der Waals surface area (Å²) in [6.45, 7) is 5.46. The number of nitrogens with one attached hydrogen (secondary N) is 1. The lowest BCUT2D eigenvalue weighted by Crippen LogP contribution is -2.41. The standard InChI is InChI=1S/C18H22N4O/c1-13-8-9-14(2)22(12-13)17-11-10-16(20-21-17)18(23)19-15-6-4-3-5-7-15/h3-7,10-11,13-14H,8-9,12H2,1-2H3,(H,19,23). The van der Waals surface area contributed by atoms with E-state index in [1.54, 1.807) is 6.07 Å². The van der Waals surface area contributed by atoms with E-state index >= 15 is 0 Å². The van der Waals surface area contributed by atoms with Crippen LogP contribution >= 0.6 is 0 Å². The molecule has 0 radical (unpaired) electrons. The third-order valence-electron chi connectivity index (χ3n) is 4.33. The fraction of sp³-hybridized carbons (Fsp3) is 0.389. The van der Waals surface area contributed by atoms with E-state index in [2.05, 4.69) is 34.3 Å². The minimum Gasteiger partial charge on any atom is -0.352 e. The van der Waals surface area contributed by atoms with Crippen LogP contribution in [0.3, 0.4) is 0 Å². The van der Waals surface area contributed by atoms with Gasteiger partial charge in [0.25, 0.3) is 5.91 Å². The molecule has 5 nitrogen and oxygen atoms in total. The van der Waals surface area contributed by atoms with Crippen LogP contribution in [-0.2, 0) is 0 Å². The zero-order chi connectivity index (χ0) is 16.2. The summed E-state index contributed by atoms with van der Waals surface area (Å²) >= 11 is 0. The van der Waals surface area contributed by atoms with Crippen LogP contribution in [0.1, 0.15) is 37.2 Å². The molecular formula is C18H22N4O. The first-order valence-corrected chi connectivity index (χ1v) is 8.10. The Morgan fingerprint density at radius 2 is 1.87 bits per heavy atom. The third-order valence-corrected chi connectivity index (χ3v) is 4.33. The molecule has 2 heterocycles. The van der Waals surface area contributed by atoms with Gasteiger partial charge in [-0.3, -0.25) is 4.79 Å². The predicted octanol–water partition coefficient (Wildman–Crippen LogP) is 3.35. The number of aromatic nitrogens is 2. The Hall–Kier alpha value is -2.43. The maximum atomic E-state index is 12.2. The van der Waals surface area contributed by atoms with Crippen LogP contribution in [0.5, 0.6) is 0 Å². The van der Waals surface area contributed by atoms with Crippen LogP contribution in [0.2, 0.25) is 0 Å². The SMILES string of the molecule is CC1CCC(C)N(c2ccc(C(=O)Nc3ccccc3)nn2)C1. The number of piperidine rings is 1. The van der Waals surface area contributed by atoms with Gasteiger partial charge >= 0.3 is 0 Å². The molecule has 23 heavy (non-hydrogen) atoms. The number of carbonyl (C=O) groups excluding carboxylic acids is 1. The predicted molar refractivity (Wildman–Crippen MR) is 91.6 cm³/mol. The maximum absolute atomic E-state index is 12.2. The van der Waals surface area contributed by atoms with Gasteiger partial charge in [0.1, 0.15) is 0 Å². The smallest absolute Gasteiger partial charge is 0.276 e. The summed E-state index contributed by atoms with van der Waals surface area (Å²) in [7, 11) is 0. The van der Waals surface area contributed by atoms with Crippen molar-refractivity contribution in [3.05, 3.63) is 48.2 Å². The summed E-state index contributed by atoms with van der Waals surface area (Å²) in [5.41, 5.74) is 1.08. The van der Waals surface area contributed by atoms with Gasteiger partial charge in [-0.2, -0.15) is 0 Å². The number of rotatable bonds is 3. The Kier molecular flexibility index (Phi) is 4.55. The first-order chi connectivity index (χ1) is 11.1. The Bertz CT molecular complexity index is 656. The molecule has 0 spiro atoms. The van der Waals surface area contributed by atoms with Crippen molar-refractivity contribution in [2.45, 2.75) is 32.7 Å². The van der Waals surface area contributed by atoms with Gasteiger partial charge in [-0.15, -0.1) is 10.2 Å². The summed E-state index contributed by atoms with van der Waals surface area (Å²) in [6, 6.07) is 13.4. The second kappa shape index (κ2) is 6.77. The molecule has 1 saturated heterocycles. The first-order valence-electron chi connectivity index (χ1n) is 8.10. The lowest BCUT2D eigenvalue weighted by molar-refractivity contribution is 0.102. The molecule has 0 bridgehead atoms. The molecular weight excluding hydrogens is 288 g/mol. The summed E-state index contributed by atoms with van der Waals surface area (Å²) in [5.74, 6) is 1.27. The van der Waals surface area contributed by atoms with Gasteiger partial charge in [-0.25, -0.2) is 0 Å². The number of amides is 1. The lowest BCUT2D eigenvalue weighted by Gasteiger charge is -2.37. The molecule has 0 aliphatic carbocycles. The van der Waals surface area contributed by atoms with Crippen molar-refractivity contribution in [2.75, 3.05) is 16.8 Å². The number of hydrogen-bond acceptors (Lipinski definition) is 4. The molecule has 1 aliphatic heterocycles. The highest BCUT2D eigenvalue weighted by Gasteiger charge is 2.24. The van der Waals surface area contributed by atoms with E-state index in [1.165, 1.54) is 12.8 Å². The number of benzene rings is 1. The second-order valence-corrected chi connectivity index (χ2v) is 6.28. The van der Waals surface area contributed by atoms with Crippen LogP contribution < -0.4 is 10.2 Å². The molecule has 1 aliphatic rings. The van der Waals surface area contributed by atoms with E-state index in [0.29, 0.717) is 17.7 Å². The Morgan fingerprint density at radius 1 is 1.09 bits per heavy atom. The van der Waals surface area contributed by atoms with Crippen LogP contribution in [0.25, 0.3) is 0 Å². The topological polar surface area (TPSA) is 58.1 Å². The largest absolute Gasteiger partial charge is 0.352 e. The van der Waals surface area contributed by atoms with Crippen LogP contribution in [-0.4, -0.2) is 28.7 Å². The molecule has 1 aromatic carbocycles. The molecule has 2 unspecified atom stereocenters. The van der Waals surface area contributed by atoms with Gasteiger partial charge in [0.05, 0.1) is 0 Å². The van der Waals surface area contributed by atoms with E-state index in [-0.39, 0.29) is 5.91 Å². The van der Waals surface area contributed by atoms with Crippen molar-refractivity contribution in [3.63, 3.8) is 0 Å². The molecule has 3 rings (SSSR count). The average Bonchev–Trinajstić information content (AvgIpc) is 2.58.